The number of carbonyl (C=O) groups is 1. The third-order valence-electron chi connectivity index (χ3n) is 7.16. The molecule has 0 spiro atoms. The fourth-order valence-corrected chi connectivity index (χ4v) is 5.25. The van der Waals surface area contributed by atoms with E-state index in [1.807, 2.05) is 73.9 Å². The summed E-state index contributed by atoms with van der Waals surface area (Å²) >= 11 is 1.41. The van der Waals surface area contributed by atoms with E-state index in [0.717, 1.165) is 11.3 Å². The van der Waals surface area contributed by atoms with Crippen LogP contribution in [0, 0.1) is 18.8 Å². The van der Waals surface area contributed by atoms with Crippen LogP contribution in [0.3, 0.4) is 0 Å². The Morgan fingerprint density at radius 2 is 1.89 bits per heavy atom. The average molecular weight is 603 g/mol. The Balaban J connectivity index is 1.61. The molecule has 1 atom stereocenters. The number of carbonyl (C=O) groups excluding carboxylic acids is 1. The smallest absolute Gasteiger partial charge is 0.274 e. The van der Waals surface area contributed by atoms with E-state index in [0.29, 0.717) is 39.1 Å². The Labute approximate surface area is 258 Å². The van der Waals surface area contributed by atoms with Crippen molar-refractivity contribution < 1.29 is 4.79 Å². The van der Waals surface area contributed by atoms with Gasteiger partial charge in [0.15, 0.2) is 11.5 Å². The van der Waals surface area contributed by atoms with E-state index in [1.54, 1.807) is 34.8 Å². The molecule has 0 bridgehead atoms. The second-order valence-electron chi connectivity index (χ2n) is 9.99. The summed E-state index contributed by atoms with van der Waals surface area (Å²) in [6.45, 7) is 8.92. The lowest BCUT2D eigenvalue weighted by Gasteiger charge is -2.21. The van der Waals surface area contributed by atoms with E-state index in [9.17, 15) is 9.59 Å². The van der Waals surface area contributed by atoms with E-state index < -0.39 is 11.9 Å². The summed E-state index contributed by atoms with van der Waals surface area (Å²) in [7, 11) is 1.86. The van der Waals surface area contributed by atoms with Crippen molar-refractivity contribution in [2.75, 3.05) is 0 Å². The van der Waals surface area contributed by atoms with Crippen LogP contribution in [0.25, 0.3) is 16.5 Å². The van der Waals surface area contributed by atoms with Crippen LogP contribution < -0.4 is 16.6 Å². The number of amides is 1. The van der Waals surface area contributed by atoms with Crippen molar-refractivity contribution in [2.45, 2.75) is 26.8 Å². The number of para-hydroxylation sites is 1. The lowest BCUT2D eigenvalue weighted by atomic mass is 10.0. The number of hydrogen-bond acceptors (Lipinski definition) is 8. The van der Waals surface area contributed by atoms with Crippen molar-refractivity contribution >= 4 is 40.4 Å². The van der Waals surface area contributed by atoms with Crippen LogP contribution >= 0.6 is 11.3 Å². The summed E-state index contributed by atoms with van der Waals surface area (Å²) in [5, 5.41) is 10.2. The third kappa shape index (κ3) is 5.97. The van der Waals surface area contributed by atoms with E-state index in [1.165, 1.54) is 11.3 Å². The lowest BCUT2D eigenvalue weighted by Crippen LogP contribution is -2.33. The number of nitrogens with two attached hydrogens (primary N) is 1. The number of thiazole rings is 1. The van der Waals surface area contributed by atoms with E-state index >= 15 is 0 Å². The van der Waals surface area contributed by atoms with Crippen LogP contribution in [0.5, 0.6) is 0 Å². The number of aromatic nitrogens is 4. The number of hydrogen-bond donors (Lipinski definition) is 2. The minimum absolute atomic E-state index is 0.102. The zero-order chi connectivity index (χ0) is 31.4. The summed E-state index contributed by atoms with van der Waals surface area (Å²) < 4.78 is 3.35. The number of aliphatic imine (C=N–C) groups is 2. The SMILES string of the molecule is C=N/C(N)=C(\N=C(/C)c1cscn1)C(=O)N[C@H](C)c1cc2cccc(C#Cc3cnn(C)c3C)c2c(=O)n1-c1ccccc1. The largest absolute Gasteiger partial charge is 0.382 e. The summed E-state index contributed by atoms with van der Waals surface area (Å²) in [6.07, 6.45) is 1.71. The van der Waals surface area contributed by atoms with Crippen molar-refractivity contribution in [3.05, 3.63) is 122 Å². The fourth-order valence-electron chi connectivity index (χ4n) is 4.66. The number of benzene rings is 2. The molecule has 0 radical (unpaired) electrons. The van der Waals surface area contributed by atoms with Crippen LogP contribution in [0.2, 0.25) is 0 Å². The maximum atomic E-state index is 14.3. The molecule has 0 aliphatic rings. The first kappa shape index (κ1) is 29.9. The quantitative estimate of drug-likeness (QED) is 0.162. The zero-order valence-electron chi connectivity index (χ0n) is 24.7. The first-order chi connectivity index (χ1) is 21.2. The Hall–Kier alpha value is -5.60. The van der Waals surface area contributed by atoms with Crippen LogP contribution in [-0.4, -0.2) is 37.7 Å². The average Bonchev–Trinajstić information content (AvgIpc) is 3.68. The van der Waals surface area contributed by atoms with Crippen molar-refractivity contribution in [1.29, 1.82) is 0 Å². The Bertz CT molecular complexity index is 2060. The highest BCUT2D eigenvalue weighted by Crippen LogP contribution is 2.24. The van der Waals surface area contributed by atoms with Gasteiger partial charge < -0.3 is 11.1 Å². The van der Waals surface area contributed by atoms with Gasteiger partial charge >= 0.3 is 0 Å². The van der Waals surface area contributed by atoms with Gasteiger partial charge in [-0.1, -0.05) is 42.2 Å². The zero-order valence-corrected chi connectivity index (χ0v) is 25.5. The Morgan fingerprint density at radius 1 is 1.14 bits per heavy atom. The van der Waals surface area contributed by atoms with Crippen molar-refractivity contribution in [3.63, 3.8) is 0 Å². The minimum atomic E-state index is -0.644. The van der Waals surface area contributed by atoms with E-state index in [-0.39, 0.29) is 17.1 Å². The van der Waals surface area contributed by atoms with Gasteiger partial charge in [0.25, 0.3) is 11.5 Å². The summed E-state index contributed by atoms with van der Waals surface area (Å²) in [5.41, 5.74) is 12.0. The van der Waals surface area contributed by atoms with Crippen LogP contribution in [-0.2, 0) is 11.8 Å². The highest BCUT2D eigenvalue weighted by atomic mass is 32.1. The second kappa shape index (κ2) is 12.7. The molecule has 0 aliphatic carbocycles. The number of aryl methyl sites for hydroxylation is 1. The molecule has 0 aliphatic heterocycles. The molecule has 44 heavy (non-hydrogen) atoms. The van der Waals surface area contributed by atoms with E-state index in [4.69, 9.17) is 5.73 Å². The van der Waals surface area contributed by atoms with Crippen molar-refractivity contribution in [3.8, 4) is 17.5 Å². The molecule has 11 heteroatoms. The van der Waals surface area contributed by atoms with Gasteiger partial charge in [-0.05, 0) is 57.1 Å². The summed E-state index contributed by atoms with van der Waals surface area (Å²) in [6, 6.07) is 16.0. The van der Waals surface area contributed by atoms with Gasteiger partial charge in [-0.3, -0.25) is 18.8 Å². The Morgan fingerprint density at radius 3 is 2.55 bits per heavy atom. The molecule has 0 saturated heterocycles. The lowest BCUT2D eigenvalue weighted by molar-refractivity contribution is -0.118. The normalized spacial score (nSPS) is 12.7. The molecule has 3 N–H and O–H groups in total. The number of fused-ring (bicyclic) bond motifs is 1. The predicted molar refractivity (Wildman–Crippen MR) is 175 cm³/mol. The second-order valence-corrected chi connectivity index (χ2v) is 10.7. The standard InChI is InChI=1S/C33H30N8O2S/c1-20(27-18-44-19-36-27)38-30(31(34)35-4)32(42)39-21(2)28-16-24-11-9-10-23(14-15-25-17-37-40(5)22(25)3)29(24)33(43)41(28)26-12-7-6-8-13-26/h6-13,16-19,21H,4,34H2,1-3,5H3,(H,39,42)/b31-30-,38-20+/t21-/m1/s1. The Kier molecular flexibility index (Phi) is 8.64. The van der Waals surface area contributed by atoms with Gasteiger partial charge in [0, 0.05) is 29.4 Å². The highest BCUT2D eigenvalue weighted by molar-refractivity contribution is 7.07. The van der Waals surface area contributed by atoms with Gasteiger partial charge in [0.2, 0.25) is 0 Å². The first-order valence-corrected chi connectivity index (χ1v) is 14.6. The molecule has 3 aromatic heterocycles. The van der Waals surface area contributed by atoms with Crippen LogP contribution in [0.4, 0.5) is 0 Å². The molecule has 0 fully saturated rings. The summed E-state index contributed by atoms with van der Waals surface area (Å²) in [5.74, 6) is 5.64. The molecule has 5 aromatic rings. The maximum Gasteiger partial charge on any atom is 0.274 e. The number of pyridine rings is 1. The molecule has 2 aromatic carbocycles. The fraction of sp³-hybridized carbons (Fsp3) is 0.152. The first-order valence-electron chi connectivity index (χ1n) is 13.7. The molecule has 1 amide bonds. The van der Waals surface area contributed by atoms with Crippen molar-refractivity contribution in [1.82, 2.24) is 24.6 Å². The van der Waals surface area contributed by atoms with Gasteiger partial charge in [-0.25, -0.2) is 15.0 Å². The van der Waals surface area contributed by atoms with E-state index in [2.05, 4.69) is 43.9 Å². The number of rotatable bonds is 7. The maximum absolute atomic E-state index is 14.3. The molecule has 10 nitrogen and oxygen atoms in total. The third-order valence-corrected chi connectivity index (χ3v) is 7.74. The monoisotopic (exact) mass is 602 g/mol. The van der Waals surface area contributed by atoms with Crippen molar-refractivity contribution in [2.24, 2.45) is 22.8 Å². The molecular formula is C33H30N8O2S. The molecule has 3 heterocycles. The molecule has 220 valence electrons. The van der Waals surface area contributed by atoms with Gasteiger partial charge in [-0.2, -0.15) is 5.10 Å². The molecule has 0 unspecified atom stereocenters. The highest BCUT2D eigenvalue weighted by Gasteiger charge is 2.22. The number of nitrogens with zero attached hydrogens (tertiary/aromatic N) is 6. The summed E-state index contributed by atoms with van der Waals surface area (Å²) in [4.78, 5) is 40.3. The topological polar surface area (TPSA) is 133 Å². The minimum Gasteiger partial charge on any atom is -0.382 e. The molecular weight excluding hydrogens is 572 g/mol. The van der Waals surface area contributed by atoms with Gasteiger partial charge in [0.1, 0.15) is 0 Å². The number of nitrogens with one attached hydrogen (secondary N) is 1. The van der Waals surface area contributed by atoms with Gasteiger partial charge in [-0.15, -0.1) is 11.3 Å². The van der Waals surface area contributed by atoms with Gasteiger partial charge in [0.05, 0.1) is 45.8 Å². The predicted octanol–water partition coefficient (Wildman–Crippen LogP) is 4.40. The van der Waals surface area contributed by atoms with Crippen LogP contribution in [0.1, 0.15) is 48.1 Å². The molecule has 0 saturated carbocycles. The molecule has 5 rings (SSSR count). The van der Waals surface area contributed by atoms with Crippen LogP contribution in [0.15, 0.2) is 98.0 Å².